The van der Waals surface area contributed by atoms with Crippen molar-refractivity contribution in [1.82, 2.24) is 24.5 Å². The highest BCUT2D eigenvalue weighted by Gasteiger charge is 2.32. The number of terminal acetylenes is 1. The molecular weight excluding hydrogens is 488 g/mol. The van der Waals surface area contributed by atoms with Crippen LogP contribution in [0.2, 0.25) is 0 Å². The number of hydrogen-bond donors (Lipinski definition) is 1. The lowest BCUT2D eigenvalue weighted by Crippen LogP contribution is -2.39. The highest BCUT2D eigenvalue weighted by molar-refractivity contribution is 5.92. The van der Waals surface area contributed by atoms with Crippen molar-refractivity contribution in [3.05, 3.63) is 29.7 Å². The van der Waals surface area contributed by atoms with E-state index in [0.29, 0.717) is 35.0 Å². The van der Waals surface area contributed by atoms with Gasteiger partial charge >= 0.3 is 5.97 Å². The Kier molecular flexibility index (Phi) is 7.37. The molecule has 5 rings (SSSR count). The molecule has 3 aromatic heterocycles. The lowest BCUT2D eigenvalue weighted by atomic mass is 9.80. The number of nitrogens with zero attached hydrogens (tertiary/aromatic N) is 6. The van der Waals surface area contributed by atoms with Crippen LogP contribution in [-0.2, 0) is 12.0 Å². The van der Waals surface area contributed by atoms with Crippen molar-refractivity contribution in [2.75, 3.05) is 11.9 Å². The van der Waals surface area contributed by atoms with E-state index in [1.165, 1.54) is 19.3 Å². The van der Waals surface area contributed by atoms with Crippen molar-refractivity contribution >= 4 is 23.0 Å². The van der Waals surface area contributed by atoms with Crippen molar-refractivity contribution in [2.24, 2.45) is 17.8 Å². The van der Waals surface area contributed by atoms with Crippen molar-refractivity contribution in [1.29, 1.82) is 0 Å². The van der Waals surface area contributed by atoms with Crippen LogP contribution in [0.25, 0.3) is 22.7 Å². The molecule has 2 fully saturated rings. The van der Waals surface area contributed by atoms with E-state index in [1.54, 1.807) is 0 Å². The maximum atomic E-state index is 12.1. The van der Waals surface area contributed by atoms with Crippen LogP contribution in [0.5, 0.6) is 0 Å². The Morgan fingerprint density at radius 1 is 1.18 bits per heavy atom. The molecule has 8 heteroatoms. The molecule has 1 N–H and O–H groups in total. The summed E-state index contributed by atoms with van der Waals surface area (Å²) in [5.74, 6) is 4.22. The number of fused-ring (bicyclic) bond motifs is 1. The van der Waals surface area contributed by atoms with Gasteiger partial charge in [0, 0.05) is 31.7 Å². The van der Waals surface area contributed by atoms with Gasteiger partial charge in [-0.2, -0.15) is 0 Å². The summed E-state index contributed by atoms with van der Waals surface area (Å²) in [6, 6.07) is 4.36. The molecule has 0 radical (unpaired) electrons. The van der Waals surface area contributed by atoms with Gasteiger partial charge in [-0.25, -0.2) is 19.7 Å². The van der Waals surface area contributed by atoms with Gasteiger partial charge in [0.1, 0.15) is 11.2 Å². The molecule has 2 aliphatic rings. The van der Waals surface area contributed by atoms with Gasteiger partial charge in [-0.15, -0.1) is 12.3 Å². The van der Waals surface area contributed by atoms with Crippen molar-refractivity contribution in [2.45, 2.75) is 90.6 Å². The van der Waals surface area contributed by atoms with Gasteiger partial charge in [-0.1, -0.05) is 27.2 Å². The molecule has 0 amide bonds. The van der Waals surface area contributed by atoms with Crippen LogP contribution in [0, 0.1) is 30.1 Å². The standard InChI is InChI=1S/C31H40N6O2/c1-7-20-11-13-21(14-12-20)18-37-25-26(34-28(37)24-17-23(15-16-32-24)31(3,4)5)33-27(30(38)39)35-29(25)36(6)19(2)22-9-8-10-22/h1,15-17,19-22H,8-14,18H2,2-6H3,(H,38,39)/t19-,20-,21-/m1/s1. The second kappa shape index (κ2) is 10.6. The Hall–Kier alpha value is -3.47. The molecule has 0 bridgehead atoms. The molecule has 0 aliphatic heterocycles. The predicted octanol–water partition coefficient (Wildman–Crippen LogP) is 5.95. The van der Waals surface area contributed by atoms with Gasteiger partial charge in [0.05, 0.1) is 0 Å². The summed E-state index contributed by atoms with van der Waals surface area (Å²) in [6.07, 6.45) is 15.3. The number of aromatic carboxylic acids is 1. The van der Waals surface area contributed by atoms with Crippen LogP contribution in [-0.4, -0.2) is 48.7 Å². The monoisotopic (exact) mass is 528 g/mol. The largest absolute Gasteiger partial charge is 0.475 e. The third-order valence-electron chi connectivity index (χ3n) is 8.93. The minimum absolute atomic E-state index is 0.0536. The molecule has 0 spiro atoms. The van der Waals surface area contributed by atoms with Crippen LogP contribution < -0.4 is 4.90 Å². The maximum Gasteiger partial charge on any atom is 0.374 e. The van der Waals surface area contributed by atoms with Gasteiger partial charge in [-0.3, -0.25) is 4.98 Å². The Labute approximate surface area is 231 Å². The van der Waals surface area contributed by atoms with Gasteiger partial charge in [0.2, 0.25) is 5.82 Å². The van der Waals surface area contributed by atoms with Crippen LogP contribution in [0.1, 0.15) is 88.8 Å². The van der Waals surface area contributed by atoms with E-state index in [9.17, 15) is 9.90 Å². The minimum atomic E-state index is -1.15. The van der Waals surface area contributed by atoms with E-state index in [4.69, 9.17) is 16.4 Å². The molecule has 3 aromatic rings. The Morgan fingerprint density at radius 2 is 1.90 bits per heavy atom. The number of rotatable bonds is 7. The number of imidazole rings is 1. The summed E-state index contributed by atoms with van der Waals surface area (Å²) in [6.45, 7) is 9.48. The van der Waals surface area contributed by atoms with Crippen LogP contribution in [0.15, 0.2) is 18.3 Å². The van der Waals surface area contributed by atoms with E-state index >= 15 is 0 Å². The Morgan fingerprint density at radius 3 is 2.49 bits per heavy atom. The van der Waals surface area contributed by atoms with Gasteiger partial charge in [0.15, 0.2) is 17.3 Å². The zero-order valence-corrected chi connectivity index (χ0v) is 23.8. The summed E-state index contributed by atoms with van der Waals surface area (Å²) in [4.78, 5) is 32.9. The molecule has 0 saturated heterocycles. The lowest BCUT2D eigenvalue weighted by molar-refractivity contribution is 0.0684. The third kappa shape index (κ3) is 5.36. The van der Waals surface area contributed by atoms with Gasteiger partial charge in [-0.05, 0) is 80.4 Å². The fourth-order valence-corrected chi connectivity index (χ4v) is 5.95. The zero-order valence-electron chi connectivity index (χ0n) is 23.8. The number of carbonyl (C=O) groups is 1. The molecule has 206 valence electrons. The van der Waals surface area contributed by atoms with Crippen LogP contribution >= 0.6 is 0 Å². The van der Waals surface area contributed by atoms with E-state index in [2.05, 4.69) is 59.1 Å². The summed E-state index contributed by atoms with van der Waals surface area (Å²) in [5, 5.41) is 9.88. The number of carboxylic acids is 1. The zero-order chi connectivity index (χ0) is 27.9. The van der Waals surface area contributed by atoms with Crippen molar-refractivity contribution < 1.29 is 9.90 Å². The lowest BCUT2D eigenvalue weighted by Gasteiger charge is -2.38. The fourth-order valence-electron chi connectivity index (χ4n) is 5.95. The fraction of sp³-hybridized carbons (Fsp3) is 0.581. The Bertz CT molecular complexity index is 1400. The number of hydrogen-bond acceptors (Lipinski definition) is 6. The molecule has 0 unspecified atom stereocenters. The normalized spacial score (nSPS) is 20.8. The van der Waals surface area contributed by atoms with Crippen LogP contribution in [0.3, 0.4) is 0 Å². The third-order valence-corrected chi connectivity index (χ3v) is 8.93. The van der Waals surface area contributed by atoms with Gasteiger partial charge in [0.25, 0.3) is 0 Å². The SMILES string of the molecule is C#C[C@H]1CC[C@H](Cn2c(-c3cc(C(C)(C)C)ccn3)nc3nc(C(=O)O)nc(N(C)[C@H](C)C4CCC4)c32)CC1. The first-order chi connectivity index (χ1) is 18.6. The van der Waals surface area contributed by atoms with E-state index in [1.807, 2.05) is 19.3 Å². The predicted molar refractivity (Wildman–Crippen MR) is 154 cm³/mol. The summed E-state index contributed by atoms with van der Waals surface area (Å²) in [7, 11) is 2.02. The second-order valence-electron chi connectivity index (χ2n) is 12.5. The average molecular weight is 529 g/mol. The quantitative estimate of drug-likeness (QED) is 0.379. The number of aromatic nitrogens is 5. The average Bonchev–Trinajstić information content (AvgIpc) is 3.25. The molecule has 8 nitrogen and oxygen atoms in total. The molecule has 2 saturated carbocycles. The van der Waals surface area contributed by atoms with Gasteiger partial charge < -0.3 is 14.6 Å². The first-order valence-corrected chi connectivity index (χ1v) is 14.2. The molecule has 1 atom stereocenters. The molecule has 3 heterocycles. The highest BCUT2D eigenvalue weighted by atomic mass is 16.4. The second-order valence-corrected chi connectivity index (χ2v) is 12.5. The van der Waals surface area contributed by atoms with Crippen molar-refractivity contribution in [3.8, 4) is 23.9 Å². The number of anilines is 1. The first kappa shape index (κ1) is 27.1. The number of pyridine rings is 1. The summed E-state index contributed by atoms with van der Waals surface area (Å²) < 4.78 is 2.20. The van der Waals surface area contributed by atoms with E-state index < -0.39 is 5.97 Å². The maximum absolute atomic E-state index is 12.1. The van der Waals surface area contributed by atoms with Crippen molar-refractivity contribution in [3.63, 3.8) is 0 Å². The number of carboxylic acid groups (broad SMARTS) is 1. The highest BCUT2D eigenvalue weighted by Crippen LogP contribution is 2.38. The van der Waals surface area contributed by atoms with E-state index in [0.717, 1.165) is 49.0 Å². The topological polar surface area (TPSA) is 97.0 Å². The van der Waals surface area contributed by atoms with E-state index in [-0.39, 0.29) is 17.3 Å². The molecular formula is C31H40N6O2. The minimum Gasteiger partial charge on any atom is -0.475 e. The first-order valence-electron chi connectivity index (χ1n) is 14.2. The smallest absolute Gasteiger partial charge is 0.374 e. The summed E-state index contributed by atoms with van der Waals surface area (Å²) >= 11 is 0. The molecule has 0 aromatic carbocycles. The molecule has 2 aliphatic carbocycles. The molecule has 39 heavy (non-hydrogen) atoms. The Balaban J connectivity index is 1.69. The van der Waals surface area contributed by atoms with Crippen LogP contribution in [0.4, 0.5) is 5.82 Å². The summed E-state index contributed by atoms with van der Waals surface area (Å²) in [5.41, 5.74) is 3.05.